The van der Waals surface area contributed by atoms with Gasteiger partial charge >= 0.3 is 5.97 Å². The van der Waals surface area contributed by atoms with Gasteiger partial charge in [0.25, 0.3) is 5.91 Å². The number of aliphatic carboxylic acids is 1. The molecule has 0 saturated heterocycles. The van der Waals surface area contributed by atoms with Gasteiger partial charge in [-0.05, 0) is 30.7 Å². The average Bonchev–Trinajstić information content (AvgIpc) is 2.45. The average molecular weight is 352 g/mol. The summed E-state index contributed by atoms with van der Waals surface area (Å²) >= 11 is 3.35. The van der Waals surface area contributed by atoms with Gasteiger partial charge in [-0.15, -0.1) is 6.58 Å². The van der Waals surface area contributed by atoms with Crippen LogP contribution in [0.2, 0.25) is 0 Å². The highest BCUT2D eigenvalue weighted by Gasteiger charge is 2.23. The number of carbonyl (C=O) groups is 2. The zero-order valence-corrected chi connectivity index (χ0v) is 12.7. The summed E-state index contributed by atoms with van der Waals surface area (Å²) < 4.78 is 6.37. The van der Waals surface area contributed by atoms with Crippen molar-refractivity contribution in [1.82, 2.24) is 5.32 Å². The minimum absolute atomic E-state index is 0.112. The number of fused-ring (bicyclic) bond motifs is 1. The summed E-state index contributed by atoms with van der Waals surface area (Å²) in [7, 11) is 0. The van der Waals surface area contributed by atoms with Gasteiger partial charge in [-0.1, -0.05) is 22.0 Å². The molecular weight excluding hydrogens is 338 g/mol. The van der Waals surface area contributed by atoms with Crippen LogP contribution in [0.5, 0.6) is 5.75 Å². The Hall–Kier alpha value is -2.08. The molecule has 0 aliphatic carbocycles. The first-order chi connectivity index (χ1) is 10.0. The highest BCUT2D eigenvalue weighted by Crippen LogP contribution is 2.29. The molecule has 2 rings (SSSR count). The monoisotopic (exact) mass is 351 g/mol. The maximum atomic E-state index is 12.1. The van der Waals surface area contributed by atoms with Gasteiger partial charge in [-0.25, -0.2) is 4.79 Å². The summed E-state index contributed by atoms with van der Waals surface area (Å²) in [5, 5.41) is 11.5. The lowest BCUT2D eigenvalue weighted by atomic mass is 10.1. The van der Waals surface area contributed by atoms with Crippen molar-refractivity contribution in [2.24, 2.45) is 0 Å². The molecule has 1 aliphatic heterocycles. The largest absolute Gasteiger partial charge is 0.488 e. The van der Waals surface area contributed by atoms with Crippen molar-refractivity contribution in [1.29, 1.82) is 0 Å². The van der Waals surface area contributed by atoms with E-state index in [0.717, 1.165) is 10.0 Å². The van der Waals surface area contributed by atoms with Crippen molar-refractivity contribution in [3.05, 3.63) is 46.5 Å². The predicted molar refractivity (Wildman–Crippen MR) is 82.0 cm³/mol. The van der Waals surface area contributed by atoms with Crippen LogP contribution >= 0.6 is 15.9 Å². The number of hydrogen-bond donors (Lipinski definition) is 2. The molecule has 1 aromatic carbocycles. The maximum Gasteiger partial charge on any atom is 0.326 e. The van der Waals surface area contributed by atoms with E-state index in [-0.39, 0.29) is 13.0 Å². The molecule has 0 radical (unpaired) electrons. The van der Waals surface area contributed by atoms with Crippen LogP contribution in [0.1, 0.15) is 12.0 Å². The van der Waals surface area contributed by atoms with Crippen LogP contribution in [0.15, 0.2) is 40.9 Å². The Morgan fingerprint density at radius 1 is 1.52 bits per heavy atom. The fraction of sp³-hybridized carbons (Fsp3) is 0.200. The fourth-order valence-corrected chi connectivity index (χ4v) is 2.30. The SMILES string of the molecule is C=CCC(NC(=O)C1=Cc2cc(Br)ccc2OC1)C(=O)O. The summed E-state index contributed by atoms with van der Waals surface area (Å²) in [5.41, 5.74) is 1.16. The molecule has 1 atom stereocenters. The highest BCUT2D eigenvalue weighted by molar-refractivity contribution is 9.10. The van der Waals surface area contributed by atoms with Gasteiger partial charge in [0.05, 0.1) is 5.57 Å². The summed E-state index contributed by atoms with van der Waals surface area (Å²) in [6.07, 6.45) is 3.32. The van der Waals surface area contributed by atoms with E-state index < -0.39 is 17.9 Å². The van der Waals surface area contributed by atoms with Gasteiger partial charge in [0.2, 0.25) is 0 Å². The Labute approximate surface area is 130 Å². The second kappa shape index (κ2) is 6.58. The number of hydrogen-bond acceptors (Lipinski definition) is 3. The van der Waals surface area contributed by atoms with E-state index in [4.69, 9.17) is 9.84 Å². The van der Waals surface area contributed by atoms with E-state index in [1.54, 1.807) is 6.08 Å². The molecule has 1 amide bonds. The molecule has 2 N–H and O–H groups in total. The molecule has 1 aromatic rings. The predicted octanol–water partition coefficient (Wildman–Crippen LogP) is 2.37. The van der Waals surface area contributed by atoms with Crippen LogP contribution in [-0.2, 0) is 9.59 Å². The molecule has 110 valence electrons. The van der Waals surface area contributed by atoms with E-state index in [1.807, 2.05) is 18.2 Å². The smallest absolute Gasteiger partial charge is 0.326 e. The summed E-state index contributed by atoms with van der Waals surface area (Å²) in [6.45, 7) is 3.59. The summed E-state index contributed by atoms with van der Waals surface area (Å²) in [6, 6.07) is 4.50. The number of carboxylic acids is 1. The number of halogens is 1. The molecule has 0 aromatic heterocycles. The van der Waals surface area contributed by atoms with Gasteiger partial charge < -0.3 is 15.2 Å². The first kappa shape index (κ1) is 15.3. The Bertz CT molecular complexity index is 624. The lowest BCUT2D eigenvalue weighted by Gasteiger charge is -2.19. The van der Waals surface area contributed by atoms with Gasteiger partial charge in [-0.3, -0.25) is 4.79 Å². The zero-order valence-electron chi connectivity index (χ0n) is 11.1. The van der Waals surface area contributed by atoms with Crippen molar-refractivity contribution in [3.63, 3.8) is 0 Å². The second-order valence-corrected chi connectivity index (χ2v) is 5.44. The number of carboxylic acid groups (broad SMARTS) is 1. The lowest BCUT2D eigenvalue weighted by molar-refractivity contribution is -0.141. The molecule has 0 fully saturated rings. The third-order valence-corrected chi connectivity index (χ3v) is 3.48. The lowest BCUT2D eigenvalue weighted by Crippen LogP contribution is -2.42. The number of amides is 1. The molecule has 1 unspecified atom stereocenters. The number of rotatable bonds is 5. The fourth-order valence-electron chi connectivity index (χ4n) is 1.92. The molecular formula is C15H14BrNO4. The van der Waals surface area contributed by atoms with Crippen molar-refractivity contribution in [2.75, 3.05) is 6.61 Å². The number of benzene rings is 1. The minimum atomic E-state index is -1.09. The van der Waals surface area contributed by atoms with Crippen LogP contribution in [0.25, 0.3) is 6.08 Å². The van der Waals surface area contributed by atoms with Crippen molar-refractivity contribution in [3.8, 4) is 5.75 Å². The topological polar surface area (TPSA) is 75.6 Å². The molecule has 0 bridgehead atoms. The minimum Gasteiger partial charge on any atom is -0.488 e. The number of nitrogens with one attached hydrogen (secondary N) is 1. The maximum absolute atomic E-state index is 12.1. The van der Waals surface area contributed by atoms with Crippen molar-refractivity contribution in [2.45, 2.75) is 12.5 Å². The van der Waals surface area contributed by atoms with Crippen molar-refractivity contribution < 1.29 is 19.4 Å². The van der Waals surface area contributed by atoms with E-state index in [9.17, 15) is 9.59 Å². The number of ether oxygens (including phenoxy) is 1. The second-order valence-electron chi connectivity index (χ2n) is 4.53. The standard InChI is InChI=1S/C15H14BrNO4/c1-2-3-12(15(19)20)17-14(18)10-6-9-7-11(16)4-5-13(9)21-8-10/h2,4-7,12H,1,3,8H2,(H,17,18)(H,19,20). The van der Waals surface area contributed by atoms with Crippen LogP contribution in [0, 0.1) is 0 Å². The first-order valence-electron chi connectivity index (χ1n) is 6.28. The molecule has 0 saturated carbocycles. The van der Waals surface area contributed by atoms with Crippen LogP contribution in [0.3, 0.4) is 0 Å². The highest BCUT2D eigenvalue weighted by atomic mass is 79.9. The van der Waals surface area contributed by atoms with Crippen molar-refractivity contribution >= 4 is 33.9 Å². The Morgan fingerprint density at radius 2 is 2.29 bits per heavy atom. The third-order valence-electron chi connectivity index (χ3n) is 2.98. The van der Waals surface area contributed by atoms with Crippen LogP contribution < -0.4 is 10.1 Å². The molecule has 1 aliphatic rings. The van der Waals surface area contributed by atoms with E-state index in [2.05, 4.69) is 27.8 Å². The molecule has 6 heteroatoms. The molecule has 0 spiro atoms. The molecule has 1 heterocycles. The molecule has 5 nitrogen and oxygen atoms in total. The van der Waals surface area contributed by atoms with Gasteiger partial charge in [0.1, 0.15) is 18.4 Å². The Balaban J connectivity index is 2.16. The first-order valence-corrected chi connectivity index (χ1v) is 7.08. The Kier molecular flexibility index (Phi) is 4.80. The van der Waals surface area contributed by atoms with E-state index >= 15 is 0 Å². The quantitative estimate of drug-likeness (QED) is 0.798. The number of carbonyl (C=O) groups excluding carboxylic acids is 1. The Morgan fingerprint density at radius 3 is 2.95 bits per heavy atom. The van der Waals surface area contributed by atoms with Gasteiger partial charge in [-0.2, -0.15) is 0 Å². The third kappa shape index (κ3) is 3.72. The van der Waals surface area contributed by atoms with Gasteiger partial charge in [0, 0.05) is 10.0 Å². The van der Waals surface area contributed by atoms with Crippen LogP contribution in [0.4, 0.5) is 0 Å². The van der Waals surface area contributed by atoms with E-state index in [1.165, 1.54) is 6.08 Å². The van der Waals surface area contributed by atoms with Gasteiger partial charge in [0.15, 0.2) is 0 Å². The molecule has 21 heavy (non-hydrogen) atoms. The summed E-state index contributed by atoms with van der Waals surface area (Å²) in [4.78, 5) is 23.1. The normalized spacial score (nSPS) is 14.2. The zero-order chi connectivity index (χ0) is 15.4. The van der Waals surface area contributed by atoms with Crippen LogP contribution in [-0.4, -0.2) is 29.6 Å². The van der Waals surface area contributed by atoms with E-state index in [0.29, 0.717) is 11.3 Å². The summed E-state index contributed by atoms with van der Waals surface area (Å²) in [5.74, 6) is -0.853.